The van der Waals surface area contributed by atoms with Crippen LogP contribution >= 0.6 is 0 Å². The highest BCUT2D eigenvalue weighted by molar-refractivity contribution is 5.99. The van der Waals surface area contributed by atoms with Crippen LogP contribution in [0.5, 0.6) is 5.75 Å². The number of ether oxygens (including phenoxy) is 1. The van der Waals surface area contributed by atoms with Gasteiger partial charge >= 0.3 is 0 Å². The van der Waals surface area contributed by atoms with Crippen molar-refractivity contribution in [3.63, 3.8) is 0 Å². The molecule has 0 spiro atoms. The van der Waals surface area contributed by atoms with Crippen LogP contribution < -0.4 is 10.1 Å². The zero-order valence-electron chi connectivity index (χ0n) is 11.7. The monoisotopic (exact) mass is 284 g/mol. The number of carbonyl (C=O) groups is 1. The van der Waals surface area contributed by atoms with Crippen LogP contribution in [-0.4, -0.2) is 27.3 Å². The second-order valence-electron chi connectivity index (χ2n) is 4.71. The van der Waals surface area contributed by atoms with Crippen molar-refractivity contribution in [3.05, 3.63) is 47.6 Å². The van der Waals surface area contributed by atoms with Crippen molar-refractivity contribution in [2.45, 2.75) is 20.0 Å². The van der Waals surface area contributed by atoms with E-state index in [4.69, 9.17) is 4.74 Å². The quantitative estimate of drug-likeness (QED) is 0.921. The maximum Gasteiger partial charge on any atom is 0.251 e. The minimum Gasteiger partial charge on any atom is -0.488 e. The van der Waals surface area contributed by atoms with Gasteiger partial charge in [-0.25, -0.2) is 0 Å². The summed E-state index contributed by atoms with van der Waals surface area (Å²) in [7, 11) is 0. The van der Waals surface area contributed by atoms with Crippen LogP contribution in [0.3, 0.4) is 0 Å². The van der Waals surface area contributed by atoms with Gasteiger partial charge in [0, 0.05) is 12.1 Å². The molecule has 1 aliphatic heterocycles. The molecular formula is C15H16N4O2. The number of hydrogen-bond donors (Lipinski definition) is 1. The lowest BCUT2D eigenvalue weighted by Gasteiger charge is -2.17. The third-order valence-electron chi connectivity index (χ3n) is 3.37. The molecule has 0 bridgehead atoms. The predicted molar refractivity (Wildman–Crippen MR) is 77.5 cm³/mol. The minimum absolute atomic E-state index is 0.143. The molecule has 1 N–H and O–H groups in total. The Bertz CT molecular complexity index is 690. The van der Waals surface area contributed by atoms with Gasteiger partial charge in [-0.1, -0.05) is 18.2 Å². The molecule has 0 unspecified atom stereocenters. The van der Waals surface area contributed by atoms with Gasteiger partial charge in [-0.05, 0) is 19.1 Å². The van der Waals surface area contributed by atoms with Gasteiger partial charge in [0.1, 0.15) is 18.7 Å². The summed E-state index contributed by atoms with van der Waals surface area (Å²) in [5, 5.41) is 10.7. The summed E-state index contributed by atoms with van der Waals surface area (Å²) in [4.78, 5) is 12.2. The van der Waals surface area contributed by atoms with E-state index in [9.17, 15) is 4.79 Å². The number of nitrogens with zero attached hydrogens (tertiary/aromatic N) is 3. The Morgan fingerprint density at radius 1 is 1.43 bits per heavy atom. The molecule has 3 rings (SSSR count). The number of para-hydroxylation sites is 1. The predicted octanol–water partition coefficient (Wildman–Crippen LogP) is 1.39. The average Bonchev–Trinajstić information content (AvgIpc) is 2.99. The number of amides is 1. The van der Waals surface area contributed by atoms with Crippen LogP contribution in [0, 0.1) is 0 Å². The van der Waals surface area contributed by atoms with E-state index < -0.39 is 0 Å². The van der Waals surface area contributed by atoms with E-state index in [1.165, 1.54) is 0 Å². The highest BCUT2D eigenvalue weighted by Gasteiger charge is 2.17. The molecule has 6 nitrogen and oxygen atoms in total. The van der Waals surface area contributed by atoms with Crippen LogP contribution in [0.4, 0.5) is 0 Å². The molecule has 1 amide bonds. The first kappa shape index (κ1) is 13.4. The molecule has 108 valence electrons. The molecule has 21 heavy (non-hydrogen) atoms. The number of aryl methyl sites for hydroxylation is 1. The molecule has 1 aromatic heterocycles. The third kappa shape index (κ3) is 2.79. The highest BCUT2D eigenvalue weighted by Crippen LogP contribution is 2.25. The molecule has 2 heterocycles. The molecule has 0 saturated carbocycles. The Balaban J connectivity index is 1.68. The summed E-state index contributed by atoms with van der Waals surface area (Å²) in [6.07, 6.45) is 3.51. The Kier molecular flexibility index (Phi) is 3.68. The minimum atomic E-state index is -0.143. The summed E-state index contributed by atoms with van der Waals surface area (Å²) in [6, 6.07) is 7.65. The smallest absolute Gasteiger partial charge is 0.251 e. The Morgan fingerprint density at radius 3 is 3.14 bits per heavy atom. The Morgan fingerprint density at radius 2 is 2.29 bits per heavy atom. The number of hydrogen-bond acceptors (Lipinski definition) is 4. The van der Waals surface area contributed by atoms with Gasteiger partial charge in [-0.15, -0.1) is 10.2 Å². The fraction of sp³-hybridized carbons (Fsp3) is 0.267. The maximum atomic E-state index is 12.2. The number of carbonyl (C=O) groups excluding carboxylic acids is 1. The topological polar surface area (TPSA) is 69.0 Å². The summed E-state index contributed by atoms with van der Waals surface area (Å²) < 4.78 is 7.47. The van der Waals surface area contributed by atoms with Gasteiger partial charge in [0.2, 0.25) is 0 Å². The van der Waals surface area contributed by atoms with Gasteiger partial charge in [0.25, 0.3) is 5.91 Å². The molecule has 0 aliphatic carbocycles. The van der Waals surface area contributed by atoms with E-state index in [1.807, 2.05) is 41.8 Å². The third-order valence-corrected chi connectivity index (χ3v) is 3.37. The number of fused-ring (bicyclic) bond motifs is 1. The molecular weight excluding hydrogens is 268 g/mol. The van der Waals surface area contributed by atoms with Gasteiger partial charge in [-0.3, -0.25) is 4.79 Å². The Hall–Kier alpha value is -2.63. The molecule has 1 aliphatic rings. The van der Waals surface area contributed by atoms with Crippen molar-refractivity contribution in [2.24, 2.45) is 0 Å². The molecule has 0 radical (unpaired) electrons. The second-order valence-corrected chi connectivity index (χ2v) is 4.71. The van der Waals surface area contributed by atoms with E-state index in [1.54, 1.807) is 6.33 Å². The van der Waals surface area contributed by atoms with Crippen LogP contribution in [0.2, 0.25) is 0 Å². The van der Waals surface area contributed by atoms with Crippen molar-refractivity contribution in [3.8, 4) is 5.75 Å². The summed E-state index contributed by atoms with van der Waals surface area (Å²) >= 11 is 0. The fourth-order valence-corrected chi connectivity index (χ4v) is 2.20. The zero-order chi connectivity index (χ0) is 14.7. The average molecular weight is 284 g/mol. The van der Waals surface area contributed by atoms with Crippen molar-refractivity contribution >= 4 is 12.0 Å². The van der Waals surface area contributed by atoms with Gasteiger partial charge in [-0.2, -0.15) is 0 Å². The largest absolute Gasteiger partial charge is 0.488 e. The normalized spacial score (nSPS) is 13.1. The SMILES string of the molecule is CCn1cnnc1CNC(=O)C1=Cc2ccccc2OC1. The van der Waals surface area contributed by atoms with E-state index >= 15 is 0 Å². The maximum absolute atomic E-state index is 12.2. The number of nitrogens with one attached hydrogen (secondary N) is 1. The fourth-order valence-electron chi connectivity index (χ4n) is 2.20. The summed E-state index contributed by atoms with van der Waals surface area (Å²) in [6.45, 7) is 3.41. The zero-order valence-corrected chi connectivity index (χ0v) is 11.7. The molecule has 0 atom stereocenters. The first-order valence-corrected chi connectivity index (χ1v) is 6.85. The van der Waals surface area contributed by atoms with E-state index in [0.29, 0.717) is 12.1 Å². The molecule has 0 saturated heterocycles. The van der Waals surface area contributed by atoms with Crippen LogP contribution in [0.25, 0.3) is 6.08 Å². The first-order chi connectivity index (χ1) is 10.3. The number of benzene rings is 1. The Labute approximate surface area is 122 Å². The standard InChI is InChI=1S/C15H16N4O2/c1-2-19-10-17-18-14(19)8-16-15(20)12-7-11-5-3-4-6-13(11)21-9-12/h3-7,10H,2,8-9H2,1H3,(H,16,20). The van der Waals surface area contributed by atoms with E-state index in [-0.39, 0.29) is 12.5 Å². The molecule has 2 aromatic rings. The summed E-state index contributed by atoms with van der Waals surface area (Å²) in [5.74, 6) is 1.40. The van der Waals surface area contributed by atoms with Gasteiger partial charge in [0.15, 0.2) is 5.82 Å². The lowest BCUT2D eigenvalue weighted by Crippen LogP contribution is -2.29. The molecule has 6 heteroatoms. The van der Waals surface area contributed by atoms with Crippen molar-refractivity contribution in [1.29, 1.82) is 0 Å². The van der Waals surface area contributed by atoms with E-state index in [2.05, 4.69) is 15.5 Å². The van der Waals surface area contributed by atoms with Crippen molar-refractivity contribution in [1.82, 2.24) is 20.1 Å². The lowest BCUT2D eigenvalue weighted by atomic mass is 10.1. The second kappa shape index (κ2) is 5.78. The van der Waals surface area contributed by atoms with Crippen LogP contribution in [0.1, 0.15) is 18.3 Å². The molecule has 0 fully saturated rings. The molecule has 1 aromatic carbocycles. The van der Waals surface area contributed by atoms with Crippen molar-refractivity contribution in [2.75, 3.05) is 6.61 Å². The highest BCUT2D eigenvalue weighted by atomic mass is 16.5. The number of aromatic nitrogens is 3. The van der Waals surface area contributed by atoms with Gasteiger partial charge < -0.3 is 14.6 Å². The summed E-state index contributed by atoms with van der Waals surface area (Å²) in [5.41, 5.74) is 1.53. The van der Waals surface area contributed by atoms with Crippen molar-refractivity contribution < 1.29 is 9.53 Å². The van der Waals surface area contributed by atoms with Gasteiger partial charge in [0.05, 0.1) is 12.1 Å². The van der Waals surface area contributed by atoms with Crippen LogP contribution in [0.15, 0.2) is 36.2 Å². The number of rotatable bonds is 4. The lowest BCUT2D eigenvalue weighted by molar-refractivity contribution is -0.118. The van der Waals surface area contributed by atoms with Crippen LogP contribution in [-0.2, 0) is 17.9 Å². The van der Waals surface area contributed by atoms with E-state index in [0.717, 1.165) is 23.7 Å². The first-order valence-electron chi connectivity index (χ1n) is 6.85.